The van der Waals surface area contributed by atoms with Crippen LogP contribution in [0.3, 0.4) is 0 Å². The molecule has 2 rings (SSSR count). The summed E-state index contributed by atoms with van der Waals surface area (Å²) in [4.78, 5) is 23.0. The molecule has 0 spiro atoms. The lowest BCUT2D eigenvalue weighted by molar-refractivity contribution is -0.142. The minimum atomic E-state index is -1.03. The number of carboxylic acid groups (broad SMARTS) is 1. The zero-order valence-corrected chi connectivity index (χ0v) is 12.6. The van der Waals surface area contributed by atoms with Gasteiger partial charge in [0, 0.05) is 6.08 Å². The van der Waals surface area contributed by atoms with Crippen LogP contribution in [0.4, 0.5) is 0 Å². The molecule has 0 saturated heterocycles. The van der Waals surface area contributed by atoms with Crippen LogP contribution in [0.2, 0.25) is 0 Å². The molecule has 2 aromatic carbocycles. The third kappa shape index (κ3) is 3.73. The first-order chi connectivity index (χ1) is 10.5. The molecule has 22 heavy (non-hydrogen) atoms. The van der Waals surface area contributed by atoms with Crippen LogP contribution in [0.25, 0.3) is 16.8 Å². The molecule has 0 aliphatic carbocycles. The quantitative estimate of drug-likeness (QED) is 0.833. The van der Waals surface area contributed by atoms with Crippen molar-refractivity contribution in [1.82, 2.24) is 5.32 Å². The van der Waals surface area contributed by atoms with Crippen LogP contribution in [0.15, 0.2) is 48.5 Å². The first kappa shape index (κ1) is 15.8. The predicted molar refractivity (Wildman–Crippen MR) is 87.4 cm³/mol. The number of nitrogens with one attached hydrogen (secondary N) is 1. The average Bonchev–Trinajstić information content (AvgIpc) is 2.49. The lowest BCUT2D eigenvalue weighted by Crippen LogP contribution is -2.43. The molecular formula is C18H19NO3. The van der Waals surface area contributed by atoms with E-state index in [1.807, 2.05) is 42.5 Å². The summed E-state index contributed by atoms with van der Waals surface area (Å²) in [6.07, 6.45) is 3.08. The number of rotatable bonds is 5. The fourth-order valence-electron chi connectivity index (χ4n) is 2.28. The number of benzene rings is 2. The Morgan fingerprint density at radius 2 is 1.77 bits per heavy atom. The lowest BCUT2D eigenvalue weighted by Gasteiger charge is -2.16. The fourth-order valence-corrected chi connectivity index (χ4v) is 2.28. The van der Waals surface area contributed by atoms with Crippen molar-refractivity contribution in [3.05, 3.63) is 54.1 Å². The van der Waals surface area contributed by atoms with Crippen molar-refractivity contribution in [3.63, 3.8) is 0 Å². The van der Waals surface area contributed by atoms with Crippen molar-refractivity contribution in [2.45, 2.75) is 19.9 Å². The molecule has 4 heteroatoms. The molecule has 0 radical (unpaired) electrons. The summed E-state index contributed by atoms with van der Waals surface area (Å²) < 4.78 is 0. The first-order valence-corrected chi connectivity index (χ1v) is 7.18. The molecule has 2 N–H and O–H groups in total. The van der Waals surface area contributed by atoms with E-state index in [0.29, 0.717) is 0 Å². The third-order valence-corrected chi connectivity index (χ3v) is 3.47. The van der Waals surface area contributed by atoms with Crippen molar-refractivity contribution in [1.29, 1.82) is 0 Å². The van der Waals surface area contributed by atoms with E-state index in [9.17, 15) is 9.59 Å². The van der Waals surface area contributed by atoms with Crippen LogP contribution in [0.1, 0.15) is 19.4 Å². The third-order valence-electron chi connectivity index (χ3n) is 3.47. The van der Waals surface area contributed by atoms with E-state index in [2.05, 4.69) is 5.32 Å². The number of hydrogen-bond donors (Lipinski definition) is 2. The van der Waals surface area contributed by atoms with Gasteiger partial charge in [-0.15, -0.1) is 0 Å². The van der Waals surface area contributed by atoms with Gasteiger partial charge in [-0.3, -0.25) is 4.79 Å². The molecule has 2 aromatic rings. The standard InChI is InChI=1S/C18H19NO3/c1-12(2)17(18(21)22)19-16(20)11-10-14-8-5-7-13-6-3-4-9-15(13)14/h3-12,17H,1-2H3,(H,19,20)(H,21,22)/b11-10+. The smallest absolute Gasteiger partial charge is 0.326 e. The molecule has 0 heterocycles. The highest BCUT2D eigenvalue weighted by Crippen LogP contribution is 2.19. The molecule has 4 nitrogen and oxygen atoms in total. The van der Waals surface area contributed by atoms with Gasteiger partial charge in [0.2, 0.25) is 5.91 Å². The summed E-state index contributed by atoms with van der Waals surface area (Å²) in [6.45, 7) is 3.51. The highest BCUT2D eigenvalue weighted by atomic mass is 16.4. The first-order valence-electron chi connectivity index (χ1n) is 7.18. The number of carboxylic acids is 1. The van der Waals surface area contributed by atoms with Crippen molar-refractivity contribution in [3.8, 4) is 0 Å². The normalized spacial score (nSPS) is 12.7. The van der Waals surface area contributed by atoms with Gasteiger partial charge in [-0.05, 0) is 28.3 Å². The summed E-state index contributed by atoms with van der Waals surface area (Å²) in [7, 11) is 0. The van der Waals surface area contributed by atoms with Crippen LogP contribution in [0.5, 0.6) is 0 Å². The van der Waals surface area contributed by atoms with Crippen molar-refractivity contribution in [2.75, 3.05) is 0 Å². The number of hydrogen-bond acceptors (Lipinski definition) is 2. The van der Waals surface area contributed by atoms with E-state index in [0.717, 1.165) is 16.3 Å². The van der Waals surface area contributed by atoms with Gasteiger partial charge in [0.25, 0.3) is 0 Å². The molecule has 0 aliphatic heterocycles. The second-order valence-corrected chi connectivity index (χ2v) is 5.47. The molecule has 0 saturated carbocycles. The SMILES string of the molecule is CC(C)C(NC(=O)/C=C/c1cccc2ccccc12)C(=O)O. The fraction of sp³-hybridized carbons (Fsp3) is 0.222. The maximum Gasteiger partial charge on any atom is 0.326 e. The highest BCUT2D eigenvalue weighted by molar-refractivity contribution is 5.98. The summed E-state index contributed by atoms with van der Waals surface area (Å²) in [5.41, 5.74) is 0.921. The molecule has 114 valence electrons. The Balaban J connectivity index is 2.17. The van der Waals surface area contributed by atoms with Crippen LogP contribution >= 0.6 is 0 Å². The Kier molecular flexibility index (Phi) is 4.94. The second kappa shape index (κ2) is 6.89. The summed E-state index contributed by atoms with van der Waals surface area (Å²) in [6, 6.07) is 12.9. The Hall–Kier alpha value is -2.62. The molecule has 0 bridgehead atoms. The van der Waals surface area contributed by atoms with Crippen molar-refractivity contribution < 1.29 is 14.7 Å². The van der Waals surface area contributed by atoms with Gasteiger partial charge >= 0.3 is 5.97 Å². The molecule has 1 unspecified atom stereocenters. The molecule has 0 aliphatic rings. The minimum absolute atomic E-state index is 0.174. The van der Waals surface area contributed by atoms with Gasteiger partial charge in [0.05, 0.1) is 0 Å². The molecule has 0 fully saturated rings. The Morgan fingerprint density at radius 1 is 1.09 bits per heavy atom. The van der Waals surface area contributed by atoms with E-state index in [1.165, 1.54) is 6.08 Å². The number of amides is 1. The van der Waals surface area contributed by atoms with Gasteiger partial charge < -0.3 is 10.4 Å². The van der Waals surface area contributed by atoms with Crippen molar-refractivity contribution in [2.24, 2.45) is 5.92 Å². The molecular weight excluding hydrogens is 278 g/mol. The van der Waals surface area contributed by atoms with E-state index >= 15 is 0 Å². The topological polar surface area (TPSA) is 66.4 Å². The van der Waals surface area contributed by atoms with E-state index in [1.54, 1.807) is 19.9 Å². The molecule has 1 atom stereocenters. The van der Waals surface area contributed by atoms with Gasteiger partial charge in [0.1, 0.15) is 6.04 Å². The van der Waals surface area contributed by atoms with Gasteiger partial charge in [-0.25, -0.2) is 4.79 Å². The number of aliphatic carboxylic acids is 1. The van der Waals surface area contributed by atoms with Crippen LogP contribution in [-0.2, 0) is 9.59 Å². The summed E-state index contributed by atoms with van der Waals surface area (Å²) in [5.74, 6) is -1.61. The number of fused-ring (bicyclic) bond motifs is 1. The zero-order chi connectivity index (χ0) is 16.1. The number of carbonyl (C=O) groups excluding carboxylic acids is 1. The van der Waals surface area contributed by atoms with Crippen LogP contribution < -0.4 is 5.32 Å². The maximum absolute atomic E-state index is 11.9. The van der Waals surface area contributed by atoms with E-state index in [4.69, 9.17) is 5.11 Å². The van der Waals surface area contributed by atoms with Crippen LogP contribution in [-0.4, -0.2) is 23.0 Å². The summed E-state index contributed by atoms with van der Waals surface area (Å²) >= 11 is 0. The van der Waals surface area contributed by atoms with Gasteiger partial charge in [-0.2, -0.15) is 0 Å². The van der Waals surface area contributed by atoms with Gasteiger partial charge in [0.15, 0.2) is 0 Å². The highest BCUT2D eigenvalue weighted by Gasteiger charge is 2.22. The average molecular weight is 297 g/mol. The Labute approximate surface area is 129 Å². The predicted octanol–water partition coefficient (Wildman–Crippen LogP) is 3.08. The van der Waals surface area contributed by atoms with E-state index in [-0.39, 0.29) is 5.92 Å². The Bertz CT molecular complexity index is 714. The number of carbonyl (C=O) groups is 2. The van der Waals surface area contributed by atoms with Gasteiger partial charge in [-0.1, -0.05) is 56.3 Å². The van der Waals surface area contributed by atoms with E-state index < -0.39 is 17.9 Å². The van der Waals surface area contributed by atoms with Crippen LogP contribution in [0, 0.1) is 5.92 Å². The largest absolute Gasteiger partial charge is 0.480 e. The second-order valence-electron chi connectivity index (χ2n) is 5.47. The van der Waals surface area contributed by atoms with Crippen molar-refractivity contribution >= 4 is 28.7 Å². The monoisotopic (exact) mass is 297 g/mol. The zero-order valence-electron chi connectivity index (χ0n) is 12.6. The summed E-state index contributed by atoms with van der Waals surface area (Å²) in [5, 5.41) is 13.7. The molecule has 0 aromatic heterocycles. The molecule has 1 amide bonds. The Morgan fingerprint density at radius 3 is 2.45 bits per heavy atom. The maximum atomic E-state index is 11.9. The lowest BCUT2D eigenvalue weighted by atomic mass is 10.0. The minimum Gasteiger partial charge on any atom is -0.480 e.